The first-order chi connectivity index (χ1) is 11.3. The number of rotatable bonds is 3. The second-order valence-corrected chi connectivity index (χ2v) is 5.23. The molecule has 0 saturated carbocycles. The Balaban J connectivity index is 1.85. The van der Waals surface area contributed by atoms with Gasteiger partial charge >= 0.3 is 0 Å². The molecular weight excluding hydrogens is 286 g/mol. The van der Waals surface area contributed by atoms with E-state index in [4.69, 9.17) is 4.42 Å². The van der Waals surface area contributed by atoms with Gasteiger partial charge in [-0.2, -0.15) is 0 Å². The van der Waals surface area contributed by atoms with Crippen molar-refractivity contribution in [1.29, 1.82) is 0 Å². The molecule has 0 fully saturated rings. The van der Waals surface area contributed by atoms with Gasteiger partial charge in [0, 0.05) is 16.7 Å². The van der Waals surface area contributed by atoms with Gasteiger partial charge in [-0.05, 0) is 18.2 Å². The average molecular weight is 299 g/mol. The zero-order chi connectivity index (χ0) is 15.6. The minimum absolute atomic E-state index is 0.0385. The van der Waals surface area contributed by atoms with Crippen LogP contribution in [0, 0.1) is 0 Å². The fraction of sp³-hybridized carbons (Fsp3) is 0. The smallest absolute Gasteiger partial charge is 0.228 e. The predicted molar refractivity (Wildman–Crippen MR) is 89.3 cm³/mol. The second-order valence-electron chi connectivity index (χ2n) is 5.23. The summed E-state index contributed by atoms with van der Waals surface area (Å²) in [6, 6.07) is 24.2. The van der Waals surface area contributed by atoms with Crippen LogP contribution in [0.3, 0.4) is 0 Å². The van der Waals surface area contributed by atoms with Crippen molar-refractivity contribution in [3.63, 3.8) is 0 Å². The first-order valence-corrected chi connectivity index (χ1v) is 7.37. The molecule has 0 aliphatic heterocycles. The summed E-state index contributed by atoms with van der Waals surface area (Å²) < 4.78 is 5.82. The van der Waals surface area contributed by atoms with E-state index in [1.807, 2.05) is 72.8 Å². The first-order valence-electron chi connectivity index (χ1n) is 7.37. The van der Waals surface area contributed by atoms with Crippen LogP contribution in [0.4, 0.5) is 0 Å². The van der Waals surface area contributed by atoms with E-state index in [-0.39, 0.29) is 5.78 Å². The maximum Gasteiger partial charge on any atom is 0.228 e. The molecule has 0 N–H and O–H groups in total. The van der Waals surface area contributed by atoms with Crippen LogP contribution >= 0.6 is 0 Å². The Morgan fingerprint density at radius 3 is 2.30 bits per heavy atom. The number of benzene rings is 3. The van der Waals surface area contributed by atoms with Crippen molar-refractivity contribution in [1.82, 2.24) is 4.98 Å². The minimum Gasteiger partial charge on any atom is -0.436 e. The van der Waals surface area contributed by atoms with E-state index in [2.05, 4.69) is 4.98 Å². The van der Waals surface area contributed by atoms with Gasteiger partial charge in [-0.25, -0.2) is 4.98 Å². The van der Waals surface area contributed by atoms with Gasteiger partial charge in [0.1, 0.15) is 5.52 Å². The molecule has 4 rings (SSSR count). The third kappa shape index (κ3) is 2.42. The van der Waals surface area contributed by atoms with E-state index >= 15 is 0 Å². The summed E-state index contributed by atoms with van der Waals surface area (Å²) >= 11 is 0. The van der Waals surface area contributed by atoms with Crippen molar-refractivity contribution in [2.45, 2.75) is 0 Å². The maximum absolute atomic E-state index is 12.8. The Hall–Kier alpha value is -3.20. The molecule has 23 heavy (non-hydrogen) atoms. The molecule has 110 valence electrons. The lowest BCUT2D eigenvalue weighted by Crippen LogP contribution is -2.03. The van der Waals surface area contributed by atoms with Crippen molar-refractivity contribution >= 4 is 16.9 Å². The molecule has 3 heteroatoms. The summed E-state index contributed by atoms with van der Waals surface area (Å²) in [4.78, 5) is 17.3. The first kappa shape index (κ1) is 13.5. The highest BCUT2D eigenvalue weighted by atomic mass is 16.3. The van der Waals surface area contributed by atoms with Crippen molar-refractivity contribution in [2.75, 3.05) is 0 Å². The highest BCUT2D eigenvalue weighted by Gasteiger charge is 2.17. The monoisotopic (exact) mass is 299 g/mol. The summed E-state index contributed by atoms with van der Waals surface area (Å²) in [6.45, 7) is 0. The molecule has 1 aromatic heterocycles. The van der Waals surface area contributed by atoms with Crippen LogP contribution in [-0.2, 0) is 0 Å². The quantitative estimate of drug-likeness (QED) is 0.514. The van der Waals surface area contributed by atoms with Gasteiger partial charge in [0.15, 0.2) is 11.4 Å². The van der Waals surface area contributed by atoms with Gasteiger partial charge in [-0.1, -0.05) is 60.7 Å². The minimum atomic E-state index is -0.0385. The zero-order valence-corrected chi connectivity index (χ0v) is 12.3. The molecule has 0 unspecified atom stereocenters. The molecule has 0 aliphatic carbocycles. The van der Waals surface area contributed by atoms with E-state index in [1.54, 1.807) is 6.07 Å². The standard InChI is InChI=1S/C20H13NO2/c22-19(14-8-2-1-3-9-14)15-10-4-5-11-16(15)20-21-17-12-6-7-13-18(17)23-20/h1-13H. The van der Waals surface area contributed by atoms with Crippen molar-refractivity contribution in [3.05, 3.63) is 90.0 Å². The van der Waals surface area contributed by atoms with Crippen molar-refractivity contribution < 1.29 is 9.21 Å². The molecule has 3 nitrogen and oxygen atoms in total. The molecule has 0 amide bonds. The predicted octanol–water partition coefficient (Wildman–Crippen LogP) is 4.73. The molecule has 3 aromatic carbocycles. The molecule has 0 saturated heterocycles. The Morgan fingerprint density at radius 2 is 1.48 bits per heavy atom. The maximum atomic E-state index is 12.8. The number of hydrogen-bond donors (Lipinski definition) is 0. The van der Waals surface area contributed by atoms with Crippen molar-refractivity contribution in [3.8, 4) is 11.5 Å². The molecule has 0 spiro atoms. The highest BCUT2D eigenvalue weighted by Crippen LogP contribution is 2.28. The molecule has 0 radical (unpaired) electrons. The largest absolute Gasteiger partial charge is 0.436 e. The normalized spacial score (nSPS) is 10.8. The van der Waals surface area contributed by atoms with Crippen LogP contribution in [0.15, 0.2) is 83.3 Å². The van der Waals surface area contributed by atoms with Crippen molar-refractivity contribution in [2.24, 2.45) is 0 Å². The Morgan fingerprint density at radius 1 is 0.783 bits per heavy atom. The molecular formula is C20H13NO2. The van der Waals surface area contributed by atoms with Gasteiger partial charge in [0.25, 0.3) is 0 Å². The number of para-hydroxylation sites is 2. The van der Waals surface area contributed by atoms with E-state index in [1.165, 1.54) is 0 Å². The molecule has 0 bridgehead atoms. The van der Waals surface area contributed by atoms with Gasteiger partial charge < -0.3 is 4.42 Å². The number of fused-ring (bicyclic) bond motifs is 1. The van der Waals surface area contributed by atoms with Gasteiger partial charge in [0.2, 0.25) is 5.89 Å². The topological polar surface area (TPSA) is 43.1 Å². The van der Waals surface area contributed by atoms with E-state index < -0.39 is 0 Å². The van der Waals surface area contributed by atoms with Crippen LogP contribution in [0.2, 0.25) is 0 Å². The lowest BCUT2D eigenvalue weighted by atomic mass is 9.98. The number of oxazole rings is 1. The van der Waals surface area contributed by atoms with E-state index in [9.17, 15) is 4.79 Å². The number of hydrogen-bond acceptors (Lipinski definition) is 3. The van der Waals surface area contributed by atoms with Gasteiger partial charge in [-0.15, -0.1) is 0 Å². The SMILES string of the molecule is O=C(c1ccccc1)c1ccccc1-c1nc2ccccc2o1. The van der Waals surface area contributed by atoms with Crippen LogP contribution in [0.25, 0.3) is 22.6 Å². The lowest BCUT2D eigenvalue weighted by Gasteiger charge is -2.05. The number of nitrogens with zero attached hydrogens (tertiary/aromatic N) is 1. The Kier molecular flexibility index (Phi) is 3.24. The molecule has 4 aromatic rings. The summed E-state index contributed by atoms with van der Waals surface area (Å²) in [5, 5.41) is 0. The van der Waals surface area contributed by atoms with Gasteiger partial charge in [-0.3, -0.25) is 4.79 Å². The summed E-state index contributed by atoms with van der Waals surface area (Å²) in [7, 11) is 0. The highest BCUT2D eigenvalue weighted by molar-refractivity contribution is 6.12. The average Bonchev–Trinajstić information content (AvgIpc) is 3.06. The van der Waals surface area contributed by atoms with E-state index in [0.29, 0.717) is 28.2 Å². The Labute approximate surface area is 133 Å². The fourth-order valence-corrected chi connectivity index (χ4v) is 2.60. The third-order valence-electron chi connectivity index (χ3n) is 3.73. The number of carbonyl (C=O) groups excluding carboxylic acids is 1. The van der Waals surface area contributed by atoms with Gasteiger partial charge in [0.05, 0.1) is 0 Å². The van der Waals surface area contributed by atoms with Crippen LogP contribution in [0.1, 0.15) is 15.9 Å². The summed E-state index contributed by atoms with van der Waals surface area (Å²) in [6.07, 6.45) is 0. The number of ketones is 1. The third-order valence-corrected chi connectivity index (χ3v) is 3.73. The van der Waals surface area contributed by atoms with E-state index in [0.717, 1.165) is 5.52 Å². The number of carbonyl (C=O) groups is 1. The Bertz CT molecular complexity index is 954. The second kappa shape index (κ2) is 5.54. The molecule has 0 aliphatic rings. The number of aromatic nitrogens is 1. The molecule has 1 heterocycles. The summed E-state index contributed by atoms with van der Waals surface area (Å²) in [5.74, 6) is 0.425. The fourth-order valence-electron chi connectivity index (χ4n) is 2.60. The zero-order valence-electron chi connectivity index (χ0n) is 12.3. The molecule has 0 atom stereocenters. The van der Waals surface area contributed by atoms with Crippen LogP contribution < -0.4 is 0 Å². The van der Waals surface area contributed by atoms with Crippen LogP contribution in [-0.4, -0.2) is 10.8 Å². The van der Waals surface area contributed by atoms with Crippen LogP contribution in [0.5, 0.6) is 0 Å². The lowest BCUT2D eigenvalue weighted by molar-refractivity contribution is 0.103. The summed E-state index contributed by atoms with van der Waals surface area (Å²) in [5.41, 5.74) is 3.44.